The topological polar surface area (TPSA) is 32.3 Å². The van der Waals surface area contributed by atoms with Crippen molar-refractivity contribution in [2.24, 2.45) is 0 Å². The van der Waals surface area contributed by atoms with Crippen molar-refractivity contribution < 1.29 is 13.6 Å². The van der Waals surface area contributed by atoms with Gasteiger partial charge in [0.25, 0.3) is 0 Å². The number of benzene rings is 1. The Labute approximate surface area is 104 Å². The third-order valence-electron chi connectivity index (χ3n) is 3.75. The predicted octanol–water partition coefficient (Wildman–Crippen LogP) is 2.14. The summed E-state index contributed by atoms with van der Waals surface area (Å²) in [5.74, 6) is -1.57. The molecule has 2 aliphatic heterocycles. The molecule has 3 nitrogen and oxygen atoms in total. The molecule has 2 unspecified atom stereocenters. The first kappa shape index (κ1) is 11.4. The minimum absolute atomic E-state index is 0.00450. The van der Waals surface area contributed by atoms with Crippen LogP contribution < -0.4 is 5.32 Å². The molecule has 2 aliphatic rings. The van der Waals surface area contributed by atoms with E-state index in [4.69, 9.17) is 0 Å². The minimum atomic E-state index is -0.868. The second-order valence-corrected chi connectivity index (χ2v) is 4.88. The zero-order valence-electron chi connectivity index (χ0n) is 9.83. The van der Waals surface area contributed by atoms with Crippen molar-refractivity contribution in [2.45, 2.75) is 31.3 Å². The van der Waals surface area contributed by atoms with Crippen molar-refractivity contribution in [2.75, 3.05) is 11.9 Å². The second-order valence-electron chi connectivity index (χ2n) is 4.88. The number of hydrogen-bond acceptors (Lipinski definition) is 2. The molecule has 1 N–H and O–H groups in total. The number of fused-ring (bicyclic) bond motifs is 1. The molecule has 3 rings (SSSR count). The van der Waals surface area contributed by atoms with E-state index in [1.54, 1.807) is 0 Å². The predicted molar refractivity (Wildman–Crippen MR) is 63.1 cm³/mol. The van der Waals surface area contributed by atoms with E-state index in [-0.39, 0.29) is 18.0 Å². The molecule has 96 valence electrons. The molecule has 0 radical (unpaired) electrons. The number of hydrogen-bond donors (Lipinski definition) is 1. The summed E-state index contributed by atoms with van der Waals surface area (Å²) in [5.41, 5.74) is 0.528. The third kappa shape index (κ3) is 1.83. The van der Waals surface area contributed by atoms with Crippen LogP contribution in [-0.2, 0) is 4.79 Å². The highest BCUT2D eigenvalue weighted by molar-refractivity contribution is 5.81. The van der Waals surface area contributed by atoms with E-state index in [1.807, 2.05) is 4.90 Å². The molecule has 1 aromatic carbocycles. The molecule has 5 heteroatoms. The van der Waals surface area contributed by atoms with E-state index in [0.717, 1.165) is 31.5 Å². The highest BCUT2D eigenvalue weighted by Crippen LogP contribution is 2.31. The first-order chi connectivity index (χ1) is 8.65. The average Bonchev–Trinajstić information content (AvgIpc) is 2.90. The lowest BCUT2D eigenvalue weighted by atomic mass is 10.1. The quantitative estimate of drug-likeness (QED) is 0.874. The lowest BCUT2D eigenvalue weighted by Crippen LogP contribution is -2.34. The Bertz CT molecular complexity index is 492. The molecule has 2 atom stereocenters. The maximum atomic E-state index is 13.1. The van der Waals surface area contributed by atoms with Crippen LogP contribution in [0, 0.1) is 11.6 Å². The van der Waals surface area contributed by atoms with Gasteiger partial charge in [-0.1, -0.05) is 0 Å². The van der Waals surface area contributed by atoms with Crippen molar-refractivity contribution in [3.8, 4) is 0 Å². The first-order valence-corrected chi connectivity index (χ1v) is 6.16. The van der Waals surface area contributed by atoms with Crippen LogP contribution in [0.5, 0.6) is 0 Å². The van der Waals surface area contributed by atoms with Crippen molar-refractivity contribution in [1.82, 2.24) is 4.90 Å². The fraction of sp³-hybridized carbons (Fsp3) is 0.462. The highest BCUT2D eigenvalue weighted by atomic mass is 19.2. The maximum absolute atomic E-state index is 13.1. The molecule has 1 aromatic rings. The molecular formula is C13H14F2N2O. The van der Waals surface area contributed by atoms with Gasteiger partial charge in [0, 0.05) is 24.7 Å². The lowest BCUT2D eigenvalue weighted by Gasteiger charge is -2.21. The summed E-state index contributed by atoms with van der Waals surface area (Å²) in [6, 6.07) is 3.94. The summed E-state index contributed by atoms with van der Waals surface area (Å²) in [7, 11) is 0. The van der Waals surface area contributed by atoms with Crippen molar-refractivity contribution in [3.63, 3.8) is 0 Å². The van der Waals surface area contributed by atoms with Crippen molar-refractivity contribution in [3.05, 3.63) is 29.8 Å². The number of rotatable bonds is 2. The summed E-state index contributed by atoms with van der Waals surface area (Å²) in [6.07, 6.45) is 2.43. The minimum Gasteiger partial charge on any atom is -0.380 e. The van der Waals surface area contributed by atoms with Gasteiger partial charge in [0.2, 0.25) is 5.91 Å². The van der Waals surface area contributed by atoms with Crippen LogP contribution >= 0.6 is 0 Å². The van der Waals surface area contributed by atoms with Gasteiger partial charge >= 0.3 is 0 Å². The Balaban J connectivity index is 1.76. The number of anilines is 1. The molecule has 2 heterocycles. The third-order valence-corrected chi connectivity index (χ3v) is 3.75. The van der Waals surface area contributed by atoms with Gasteiger partial charge in [0.05, 0.1) is 12.1 Å². The number of nitrogens with one attached hydrogen (secondary N) is 1. The normalized spacial score (nSPS) is 26.6. The molecule has 0 bridgehead atoms. The van der Waals surface area contributed by atoms with E-state index in [0.29, 0.717) is 12.1 Å². The first-order valence-electron chi connectivity index (χ1n) is 6.16. The number of halogens is 2. The van der Waals surface area contributed by atoms with Crippen LogP contribution in [-0.4, -0.2) is 29.4 Å². The van der Waals surface area contributed by atoms with Crippen LogP contribution in [0.3, 0.4) is 0 Å². The maximum Gasteiger partial charge on any atom is 0.225 e. The zero-order chi connectivity index (χ0) is 12.7. The summed E-state index contributed by atoms with van der Waals surface area (Å²) >= 11 is 0. The Hall–Kier alpha value is -1.65. The van der Waals surface area contributed by atoms with Gasteiger partial charge in [-0.3, -0.25) is 4.79 Å². The summed E-state index contributed by atoms with van der Waals surface area (Å²) in [4.78, 5) is 13.6. The van der Waals surface area contributed by atoms with Crippen LogP contribution in [0.15, 0.2) is 18.2 Å². The van der Waals surface area contributed by atoms with E-state index in [1.165, 1.54) is 6.07 Å². The Morgan fingerprint density at radius 1 is 1.28 bits per heavy atom. The zero-order valence-corrected chi connectivity index (χ0v) is 9.83. The van der Waals surface area contributed by atoms with Gasteiger partial charge in [-0.15, -0.1) is 0 Å². The van der Waals surface area contributed by atoms with Gasteiger partial charge in [0.15, 0.2) is 11.6 Å². The van der Waals surface area contributed by atoms with Crippen molar-refractivity contribution >= 4 is 11.6 Å². The highest BCUT2D eigenvalue weighted by Gasteiger charge is 2.42. The summed E-state index contributed by atoms with van der Waals surface area (Å²) in [5, 5.41) is 3.14. The molecule has 2 saturated heterocycles. The molecule has 0 spiro atoms. The lowest BCUT2D eigenvalue weighted by molar-refractivity contribution is -0.127. The van der Waals surface area contributed by atoms with Crippen LogP contribution in [0.2, 0.25) is 0 Å². The van der Waals surface area contributed by atoms with E-state index < -0.39 is 11.6 Å². The van der Waals surface area contributed by atoms with Gasteiger partial charge in [-0.25, -0.2) is 8.78 Å². The Kier molecular flexibility index (Phi) is 2.69. The van der Waals surface area contributed by atoms with Crippen LogP contribution in [0.4, 0.5) is 14.5 Å². The van der Waals surface area contributed by atoms with Crippen LogP contribution in [0.1, 0.15) is 19.3 Å². The average molecular weight is 252 g/mol. The Morgan fingerprint density at radius 3 is 2.89 bits per heavy atom. The van der Waals surface area contributed by atoms with Crippen LogP contribution in [0.25, 0.3) is 0 Å². The van der Waals surface area contributed by atoms with Gasteiger partial charge < -0.3 is 10.2 Å². The van der Waals surface area contributed by atoms with E-state index in [9.17, 15) is 13.6 Å². The number of carbonyl (C=O) groups is 1. The smallest absolute Gasteiger partial charge is 0.225 e. The molecule has 0 aliphatic carbocycles. The van der Waals surface area contributed by atoms with Gasteiger partial charge in [-0.05, 0) is 25.0 Å². The number of amides is 1. The molecular weight excluding hydrogens is 238 g/mol. The monoisotopic (exact) mass is 252 g/mol. The molecule has 18 heavy (non-hydrogen) atoms. The fourth-order valence-corrected chi connectivity index (χ4v) is 2.91. The van der Waals surface area contributed by atoms with Gasteiger partial charge in [-0.2, -0.15) is 0 Å². The number of carbonyl (C=O) groups excluding carboxylic acids is 1. The molecule has 2 fully saturated rings. The van der Waals surface area contributed by atoms with E-state index >= 15 is 0 Å². The molecule has 1 amide bonds. The second kappa shape index (κ2) is 4.23. The largest absolute Gasteiger partial charge is 0.380 e. The molecule has 0 saturated carbocycles. The SMILES string of the molecule is O=C1CC(Nc2ccc(F)c(F)c2)C2CCCN12. The Morgan fingerprint density at radius 2 is 2.11 bits per heavy atom. The summed E-state index contributed by atoms with van der Waals surface area (Å²) < 4.78 is 25.9. The number of nitrogens with zero attached hydrogens (tertiary/aromatic N) is 1. The van der Waals surface area contributed by atoms with Gasteiger partial charge in [0.1, 0.15) is 0 Å². The van der Waals surface area contributed by atoms with Crippen molar-refractivity contribution in [1.29, 1.82) is 0 Å². The molecule has 0 aromatic heterocycles. The standard InChI is InChI=1S/C13H14F2N2O/c14-9-4-3-8(6-10(9)15)16-11-7-13(18)17-5-1-2-12(11)17/h3-4,6,11-12,16H,1-2,5,7H2. The fourth-order valence-electron chi connectivity index (χ4n) is 2.91. The van der Waals surface area contributed by atoms with E-state index in [2.05, 4.69) is 5.32 Å². The summed E-state index contributed by atoms with van der Waals surface area (Å²) in [6.45, 7) is 0.819.